The molecule has 0 saturated carbocycles. The molecular weight excluding hydrogens is 228 g/mol. The van der Waals surface area contributed by atoms with Crippen LogP contribution < -0.4 is 0 Å². The summed E-state index contributed by atoms with van der Waals surface area (Å²) in [5.41, 5.74) is 0. The molecule has 5 heteroatoms. The summed E-state index contributed by atoms with van der Waals surface area (Å²) in [5.74, 6) is 1.59. The first-order valence-electron chi connectivity index (χ1n) is 4.09. The Hall–Kier alpha value is 0.460. The van der Waals surface area contributed by atoms with E-state index in [0.29, 0.717) is 5.25 Å². The van der Waals surface area contributed by atoms with E-state index < -0.39 is 0 Å². The van der Waals surface area contributed by atoms with Gasteiger partial charge in [-0.05, 0) is 6.92 Å². The minimum Gasteiger partial charge on any atom is -0.446 e. The highest BCUT2D eigenvalue weighted by molar-refractivity contribution is 8.07. The van der Waals surface area contributed by atoms with E-state index in [-0.39, 0.29) is 16.8 Å². The van der Waals surface area contributed by atoms with Gasteiger partial charge in [-0.2, -0.15) is 11.8 Å². The third-order valence-electron chi connectivity index (χ3n) is 1.61. The Bertz CT molecular complexity index is 201. The number of hydrogen-bond acceptors (Lipinski definition) is 4. The van der Waals surface area contributed by atoms with Crippen LogP contribution in [-0.2, 0) is 9.53 Å². The van der Waals surface area contributed by atoms with Gasteiger partial charge >= 0.3 is 5.97 Å². The van der Waals surface area contributed by atoms with E-state index in [1.54, 1.807) is 11.8 Å². The van der Waals surface area contributed by atoms with Crippen LogP contribution in [0.3, 0.4) is 0 Å². The monoisotopic (exact) mass is 240 g/mol. The Morgan fingerprint density at radius 2 is 2.46 bits per heavy atom. The molecule has 0 bridgehead atoms. The van der Waals surface area contributed by atoms with E-state index >= 15 is 0 Å². The first-order chi connectivity index (χ1) is 6.06. The number of alkyl halides is 1. The Kier molecular flexibility index (Phi) is 4.26. The smallest absolute Gasteiger partial charge is 0.322 e. The molecule has 0 aromatic heterocycles. The molecule has 0 spiro atoms. The zero-order valence-electron chi connectivity index (χ0n) is 7.71. The van der Waals surface area contributed by atoms with E-state index in [1.165, 1.54) is 0 Å². The lowest BCUT2D eigenvalue weighted by Crippen LogP contribution is -2.37. The molecule has 1 aliphatic rings. The van der Waals surface area contributed by atoms with E-state index in [1.807, 2.05) is 18.7 Å². The molecule has 0 radical (unpaired) electrons. The number of carbonyl (C=O) groups is 1. The molecule has 1 fully saturated rings. The summed E-state index contributed by atoms with van der Waals surface area (Å²) in [7, 11) is 0. The third-order valence-corrected chi connectivity index (χ3v) is 5.00. The molecule has 0 aromatic rings. The Morgan fingerprint density at radius 1 is 1.77 bits per heavy atom. The minimum atomic E-state index is -0.381. The highest BCUT2D eigenvalue weighted by Gasteiger charge is 2.34. The summed E-state index contributed by atoms with van der Waals surface area (Å²) >= 11 is 8.91. The van der Waals surface area contributed by atoms with Gasteiger partial charge in [-0.3, -0.25) is 4.79 Å². The Balaban J connectivity index is 2.49. The van der Waals surface area contributed by atoms with Crippen LogP contribution in [-0.4, -0.2) is 33.5 Å². The summed E-state index contributed by atoms with van der Waals surface area (Å²) in [6.07, 6.45) is 0. The highest BCUT2D eigenvalue weighted by atomic mass is 35.5. The molecule has 13 heavy (non-hydrogen) atoms. The fourth-order valence-electron chi connectivity index (χ4n) is 1.23. The molecule has 1 rings (SSSR count). The van der Waals surface area contributed by atoms with Crippen LogP contribution >= 0.6 is 35.1 Å². The zero-order chi connectivity index (χ0) is 9.90. The maximum Gasteiger partial charge on any atom is 0.322 e. The zero-order valence-corrected chi connectivity index (χ0v) is 10.1. The molecule has 1 aliphatic heterocycles. The van der Waals surface area contributed by atoms with Gasteiger partial charge in [0.25, 0.3) is 0 Å². The fourth-order valence-corrected chi connectivity index (χ4v) is 4.23. The van der Waals surface area contributed by atoms with Crippen molar-refractivity contribution in [3.05, 3.63) is 0 Å². The highest BCUT2D eigenvalue weighted by Crippen LogP contribution is 2.39. The number of halogens is 1. The van der Waals surface area contributed by atoms with Crippen molar-refractivity contribution in [1.29, 1.82) is 0 Å². The lowest BCUT2D eigenvalue weighted by Gasteiger charge is -2.35. The van der Waals surface area contributed by atoms with Crippen molar-refractivity contribution >= 4 is 41.1 Å². The molecular formula is C8H13ClO2S2. The summed E-state index contributed by atoms with van der Waals surface area (Å²) in [5, 5.41) is 0.534. The van der Waals surface area contributed by atoms with Crippen molar-refractivity contribution < 1.29 is 9.53 Å². The van der Waals surface area contributed by atoms with Gasteiger partial charge in [-0.25, -0.2) is 0 Å². The van der Waals surface area contributed by atoms with Crippen molar-refractivity contribution in [3.63, 3.8) is 0 Å². The summed E-state index contributed by atoms with van der Waals surface area (Å²) in [6, 6.07) is 0. The van der Waals surface area contributed by atoms with Gasteiger partial charge in [0.15, 0.2) is 4.93 Å². The largest absolute Gasteiger partial charge is 0.446 e. The van der Waals surface area contributed by atoms with Crippen molar-refractivity contribution in [2.75, 3.05) is 17.4 Å². The van der Waals surface area contributed by atoms with E-state index in [0.717, 1.165) is 11.5 Å². The fraction of sp³-hybridized carbons (Fsp3) is 0.875. The second-order valence-electron chi connectivity index (χ2n) is 3.19. The van der Waals surface area contributed by atoms with Gasteiger partial charge in [0.05, 0.1) is 0 Å². The van der Waals surface area contributed by atoms with Crippen molar-refractivity contribution in [2.45, 2.75) is 24.0 Å². The van der Waals surface area contributed by atoms with Crippen molar-refractivity contribution in [2.24, 2.45) is 0 Å². The minimum absolute atomic E-state index is 0.0603. The van der Waals surface area contributed by atoms with Gasteiger partial charge in [0.2, 0.25) is 0 Å². The summed E-state index contributed by atoms with van der Waals surface area (Å²) in [6.45, 7) is 4.09. The molecule has 2 atom stereocenters. The number of hydrogen-bond donors (Lipinski definition) is 0. The van der Waals surface area contributed by atoms with E-state index in [9.17, 15) is 4.79 Å². The molecule has 76 valence electrons. The Morgan fingerprint density at radius 3 is 3.00 bits per heavy atom. The second kappa shape index (κ2) is 4.80. The van der Waals surface area contributed by atoms with Crippen LogP contribution in [0.1, 0.15) is 13.8 Å². The van der Waals surface area contributed by atoms with E-state index in [4.69, 9.17) is 16.3 Å². The molecule has 0 aliphatic carbocycles. The average molecular weight is 241 g/mol. The van der Waals surface area contributed by atoms with Crippen LogP contribution in [0.5, 0.6) is 0 Å². The standard InChI is InChI=1S/C8H13ClO2S2/c1-6-4-12-5-8(2,13-6)11-7(10)3-9/h6H,3-5H2,1-2H3. The first-order valence-corrected chi connectivity index (χ1v) is 6.66. The van der Waals surface area contributed by atoms with Gasteiger partial charge in [0.1, 0.15) is 5.88 Å². The molecule has 1 heterocycles. The van der Waals surface area contributed by atoms with Gasteiger partial charge < -0.3 is 4.74 Å². The number of esters is 1. The van der Waals surface area contributed by atoms with Crippen LogP contribution in [0.2, 0.25) is 0 Å². The third kappa shape index (κ3) is 3.60. The molecule has 1 saturated heterocycles. The maximum absolute atomic E-state index is 11.0. The lowest BCUT2D eigenvalue weighted by molar-refractivity contribution is -0.146. The predicted molar refractivity (Wildman–Crippen MR) is 59.6 cm³/mol. The first kappa shape index (κ1) is 11.5. The van der Waals surface area contributed by atoms with Crippen LogP contribution in [0.15, 0.2) is 0 Å². The van der Waals surface area contributed by atoms with Crippen LogP contribution in [0.25, 0.3) is 0 Å². The van der Waals surface area contributed by atoms with Crippen LogP contribution in [0, 0.1) is 0 Å². The molecule has 0 amide bonds. The molecule has 0 aromatic carbocycles. The number of ether oxygens (including phenoxy) is 1. The van der Waals surface area contributed by atoms with Crippen molar-refractivity contribution in [1.82, 2.24) is 0 Å². The molecule has 0 N–H and O–H groups in total. The topological polar surface area (TPSA) is 26.3 Å². The van der Waals surface area contributed by atoms with E-state index in [2.05, 4.69) is 6.92 Å². The number of thioether (sulfide) groups is 2. The summed E-state index contributed by atoms with van der Waals surface area (Å²) < 4.78 is 5.27. The van der Waals surface area contributed by atoms with Crippen molar-refractivity contribution in [3.8, 4) is 0 Å². The normalized spacial score (nSPS) is 34.2. The average Bonchev–Trinajstić information content (AvgIpc) is 2.02. The van der Waals surface area contributed by atoms with Crippen LogP contribution in [0.4, 0.5) is 0 Å². The molecule has 2 unspecified atom stereocenters. The predicted octanol–water partition coefficient (Wildman–Crippen LogP) is 2.35. The van der Waals surface area contributed by atoms with Gasteiger partial charge in [0, 0.05) is 16.8 Å². The van der Waals surface area contributed by atoms with Gasteiger partial charge in [-0.1, -0.05) is 6.92 Å². The second-order valence-corrected chi connectivity index (χ2v) is 6.39. The number of rotatable bonds is 2. The maximum atomic E-state index is 11.0. The lowest BCUT2D eigenvalue weighted by atomic mass is 10.4. The molecule has 2 nitrogen and oxygen atoms in total. The number of carbonyl (C=O) groups excluding carboxylic acids is 1. The van der Waals surface area contributed by atoms with Gasteiger partial charge in [-0.15, -0.1) is 23.4 Å². The summed E-state index contributed by atoms with van der Waals surface area (Å²) in [4.78, 5) is 10.6. The SMILES string of the molecule is CC1CSCC(C)(OC(=O)CCl)S1. The quantitative estimate of drug-likeness (QED) is 0.547. The Labute approximate surface area is 92.1 Å².